The number of hydrogen-bond acceptors (Lipinski definition) is 3. The fraction of sp³-hybridized carbons (Fsp3) is 0.143. The van der Waals surface area contributed by atoms with Crippen molar-refractivity contribution in [2.45, 2.75) is 18.4 Å². The topological polar surface area (TPSA) is 72.2 Å². The first kappa shape index (κ1) is 15.8. The number of rotatable bonds is 4. The minimum atomic E-state index is -3.77. The number of primary sulfonamides is 1. The predicted molar refractivity (Wildman–Crippen MR) is 81.3 cm³/mol. The highest BCUT2D eigenvalue weighted by Gasteiger charge is 2.12. The van der Waals surface area contributed by atoms with Crippen LogP contribution in [0.1, 0.15) is 11.1 Å². The summed E-state index contributed by atoms with van der Waals surface area (Å²) in [4.78, 5) is 0.0646. The fourth-order valence-corrected chi connectivity index (χ4v) is 2.80. The first-order valence-electron chi connectivity index (χ1n) is 6.08. The Morgan fingerprint density at radius 2 is 1.95 bits per heavy atom. The van der Waals surface area contributed by atoms with Gasteiger partial charge in [-0.1, -0.05) is 23.7 Å². The predicted octanol–water partition coefficient (Wildman–Crippen LogP) is 3.05. The fourth-order valence-electron chi connectivity index (χ4n) is 1.87. The minimum Gasteiger partial charge on any atom is -0.381 e. The van der Waals surface area contributed by atoms with Crippen LogP contribution in [0.3, 0.4) is 0 Å². The zero-order chi connectivity index (χ0) is 15.6. The Bertz CT molecular complexity index is 779. The number of nitrogens with two attached hydrogens (primary N) is 1. The maximum atomic E-state index is 13.3. The summed E-state index contributed by atoms with van der Waals surface area (Å²) in [7, 11) is -3.77. The van der Waals surface area contributed by atoms with Gasteiger partial charge in [-0.25, -0.2) is 17.9 Å². The van der Waals surface area contributed by atoms with Gasteiger partial charge in [0, 0.05) is 12.2 Å². The SMILES string of the molecule is Cc1ccc(NCc2ccc(Cl)c(F)c2)cc1S(N)(=O)=O. The van der Waals surface area contributed by atoms with E-state index in [0.29, 0.717) is 23.4 Å². The van der Waals surface area contributed by atoms with E-state index in [1.54, 1.807) is 25.1 Å². The van der Waals surface area contributed by atoms with Crippen molar-refractivity contribution < 1.29 is 12.8 Å². The third-order valence-corrected chi connectivity index (χ3v) is 4.33. The zero-order valence-electron chi connectivity index (χ0n) is 11.2. The molecule has 0 heterocycles. The van der Waals surface area contributed by atoms with Gasteiger partial charge in [-0.15, -0.1) is 0 Å². The Morgan fingerprint density at radius 1 is 1.24 bits per heavy atom. The lowest BCUT2D eigenvalue weighted by Crippen LogP contribution is -2.14. The van der Waals surface area contributed by atoms with E-state index in [0.717, 1.165) is 0 Å². The van der Waals surface area contributed by atoms with Gasteiger partial charge < -0.3 is 5.32 Å². The molecule has 0 bridgehead atoms. The summed E-state index contributed by atoms with van der Waals surface area (Å²) in [5, 5.41) is 8.23. The number of aryl methyl sites for hydroxylation is 1. The number of halogens is 2. The van der Waals surface area contributed by atoms with Gasteiger partial charge >= 0.3 is 0 Å². The van der Waals surface area contributed by atoms with Crippen LogP contribution in [0.2, 0.25) is 5.02 Å². The molecule has 0 saturated heterocycles. The van der Waals surface area contributed by atoms with E-state index < -0.39 is 15.8 Å². The first-order valence-corrected chi connectivity index (χ1v) is 8.01. The number of sulfonamides is 1. The van der Waals surface area contributed by atoms with Crippen molar-refractivity contribution in [3.63, 3.8) is 0 Å². The smallest absolute Gasteiger partial charge is 0.238 e. The van der Waals surface area contributed by atoms with Crippen LogP contribution in [-0.4, -0.2) is 8.42 Å². The van der Waals surface area contributed by atoms with Gasteiger partial charge in [-0.2, -0.15) is 0 Å². The van der Waals surface area contributed by atoms with E-state index in [2.05, 4.69) is 5.32 Å². The molecular formula is C14H14ClFN2O2S. The second kappa shape index (κ2) is 6.01. The highest BCUT2D eigenvalue weighted by molar-refractivity contribution is 7.89. The van der Waals surface area contributed by atoms with Crippen molar-refractivity contribution in [3.05, 3.63) is 58.4 Å². The van der Waals surface area contributed by atoms with Crippen LogP contribution >= 0.6 is 11.6 Å². The van der Waals surface area contributed by atoms with Gasteiger partial charge in [0.05, 0.1) is 9.92 Å². The number of nitrogens with one attached hydrogen (secondary N) is 1. The summed E-state index contributed by atoms with van der Waals surface area (Å²) in [6.45, 7) is 2.00. The quantitative estimate of drug-likeness (QED) is 0.906. The third kappa shape index (κ3) is 3.93. The molecule has 0 aliphatic heterocycles. The molecule has 2 aromatic carbocycles. The Kier molecular flexibility index (Phi) is 4.51. The maximum Gasteiger partial charge on any atom is 0.238 e. The Balaban J connectivity index is 2.19. The van der Waals surface area contributed by atoms with Gasteiger partial charge in [0.25, 0.3) is 0 Å². The lowest BCUT2D eigenvalue weighted by atomic mass is 10.2. The molecule has 0 aliphatic rings. The summed E-state index contributed by atoms with van der Waals surface area (Å²) < 4.78 is 36.2. The van der Waals surface area contributed by atoms with Crippen molar-refractivity contribution in [2.75, 3.05) is 5.32 Å². The second-order valence-corrected chi connectivity index (χ2v) is 6.56. The van der Waals surface area contributed by atoms with Crippen molar-refractivity contribution >= 4 is 27.3 Å². The summed E-state index contributed by atoms with van der Waals surface area (Å²) >= 11 is 5.61. The van der Waals surface area contributed by atoms with Crippen LogP contribution < -0.4 is 10.5 Å². The van der Waals surface area contributed by atoms with E-state index in [4.69, 9.17) is 16.7 Å². The zero-order valence-corrected chi connectivity index (χ0v) is 12.8. The number of hydrogen-bond donors (Lipinski definition) is 2. The van der Waals surface area contributed by atoms with Crippen LogP contribution in [-0.2, 0) is 16.6 Å². The van der Waals surface area contributed by atoms with Gasteiger partial charge in [-0.3, -0.25) is 0 Å². The molecule has 21 heavy (non-hydrogen) atoms. The molecule has 0 unspecified atom stereocenters. The highest BCUT2D eigenvalue weighted by atomic mass is 35.5. The molecule has 0 saturated carbocycles. The molecule has 0 amide bonds. The van der Waals surface area contributed by atoms with E-state index in [9.17, 15) is 12.8 Å². The van der Waals surface area contributed by atoms with Crippen LogP contribution in [0, 0.1) is 12.7 Å². The maximum absolute atomic E-state index is 13.3. The monoisotopic (exact) mass is 328 g/mol. The molecule has 2 aromatic rings. The summed E-state index contributed by atoms with van der Waals surface area (Å²) in [5.41, 5.74) is 1.84. The lowest BCUT2D eigenvalue weighted by molar-refractivity contribution is 0.597. The molecule has 4 nitrogen and oxygen atoms in total. The second-order valence-electron chi connectivity index (χ2n) is 4.63. The molecule has 0 atom stereocenters. The molecule has 2 rings (SSSR count). The average molecular weight is 329 g/mol. The van der Waals surface area contributed by atoms with Gasteiger partial charge in [-0.05, 0) is 42.3 Å². The largest absolute Gasteiger partial charge is 0.381 e. The number of anilines is 1. The molecule has 0 aliphatic carbocycles. The van der Waals surface area contributed by atoms with Crippen molar-refractivity contribution in [3.8, 4) is 0 Å². The van der Waals surface area contributed by atoms with Crippen LogP contribution in [0.4, 0.5) is 10.1 Å². The van der Waals surface area contributed by atoms with Gasteiger partial charge in [0.15, 0.2) is 0 Å². The van der Waals surface area contributed by atoms with E-state index in [-0.39, 0.29) is 9.92 Å². The van der Waals surface area contributed by atoms with E-state index in [1.165, 1.54) is 18.2 Å². The summed E-state index contributed by atoms with van der Waals surface area (Å²) in [5.74, 6) is -0.495. The molecule has 3 N–H and O–H groups in total. The number of benzene rings is 2. The van der Waals surface area contributed by atoms with E-state index in [1.807, 2.05) is 0 Å². The molecule has 112 valence electrons. The summed E-state index contributed by atoms with van der Waals surface area (Å²) in [6, 6.07) is 9.33. The van der Waals surface area contributed by atoms with Gasteiger partial charge in [0.2, 0.25) is 10.0 Å². The lowest BCUT2D eigenvalue weighted by Gasteiger charge is -2.10. The molecular weight excluding hydrogens is 315 g/mol. The molecule has 7 heteroatoms. The van der Waals surface area contributed by atoms with E-state index >= 15 is 0 Å². The average Bonchev–Trinajstić information content (AvgIpc) is 2.40. The van der Waals surface area contributed by atoms with Crippen LogP contribution in [0.5, 0.6) is 0 Å². The van der Waals surface area contributed by atoms with Crippen molar-refractivity contribution in [1.82, 2.24) is 0 Å². The van der Waals surface area contributed by atoms with Gasteiger partial charge in [0.1, 0.15) is 5.82 Å². The van der Waals surface area contributed by atoms with Crippen LogP contribution in [0.15, 0.2) is 41.3 Å². The Labute approximate surface area is 127 Å². The third-order valence-electron chi connectivity index (χ3n) is 2.98. The summed E-state index contributed by atoms with van der Waals surface area (Å²) in [6.07, 6.45) is 0. The molecule has 0 spiro atoms. The van der Waals surface area contributed by atoms with Crippen LogP contribution in [0.25, 0.3) is 0 Å². The standard InChI is InChI=1S/C14H14ClFN2O2S/c1-9-2-4-11(7-14(9)21(17,19)20)18-8-10-3-5-12(15)13(16)6-10/h2-7,18H,8H2,1H3,(H2,17,19,20). The normalized spacial score (nSPS) is 11.4. The Morgan fingerprint density at radius 3 is 2.57 bits per heavy atom. The molecule has 0 aromatic heterocycles. The first-order chi connectivity index (χ1) is 9.77. The highest BCUT2D eigenvalue weighted by Crippen LogP contribution is 2.20. The molecule has 0 radical (unpaired) electrons. The van der Waals surface area contributed by atoms with Crippen molar-refractivity contribution in [2.24, 2.45) is 5.14 Å². The molecule has 0 fully saturated rings. The minimum absolute atomic E-state index is 0.0607. The van der Waals surface area contributed by atoms with Crippen molar-refractivity contribution in [1.29, 1.82) is 0 Å². The Hall–Kier alpha value is -1.63.